The highest BCUT2D eigenvalue weighted by Gasteiger charge is 2.19. The first-order valence-corrected chi connectivity index (χ1v) is 29.2. The number of carbonyl (C=O) groups excluding carboxylic acids is 3. The van der Waals surface area contributed by atoms with Crippen molar-refractivity contribution in [2.75, 3.05) is 13.2 Å². The van der Waals surface area contributed by atoms with E-state index in [2.05, 4.69) is 32.9 Å². The van der Waals surface area contributed by atoms with Crippen LogP contribution in [0.4, 0.5) is 0 Å². The van der Waals surface area contributed by atoms with Gasteiger partial charge in [-0.05, 0) is 44.9 Å². The number of unbranched alkanes of at least 4 members (excludes halogenated alkanes) is 41. The molecule has 1 atom stereocenters. The van der Waals surface area contributed by atoms with Crippen LogP contribution < -0.4 is 0 Å². The Morgan fingerprint density at radius 2 is 0.508 bits per heavy atom. The fourth-order valence-corrected chi connectivity index (χ4v) is 8.85. The second-order valence-electron chi connectivity index (χ2n) is 19.9. The van der Waals surface area contributed by atoms with Gasteiger partial charge >= 0.3 is 17.9 Å². The van der Waals surface area contributed by atoms with Gasteiger partial charge in [0.2, 0.25) is 0 Å². The zero-order chi connectivity index (χ0) is 47.2. The van der Waals surface area contributed by atoms with E-state index in [-0.39, 0.29) is 31.1 Å². The van der Waals surface area contributed by atoms with Crippen molar-refractivity contribution in [3.8, 4) is 0 Å². The molecule has 0 aromatic heterocycles. The normalized spacial score (nSPS) is 12.0. The lowest BCUT2D eigenvalue weighted by atomic mass is 10.0. The fraction of sp³-hybridized carbons (Fsp3) is 0.915. The van der Waals surface area contributed by atoms with Gasteiger partial charge in [0.15, 0.2) is 6.10 Å². The Balaban J connectivity index is 4.31. The molecular formula is C59H112O6. The molecule has 0 aliphatic heterocycles. The van der Waals surface area contributed by atoms with Gasteiger partial charge in [-0.3, -0.25) is 14.4 Å². The van der Waals surface area contributed by atoms with Crippen molar-refractivity contribution in [3.63, 3.8) is 0 Å². The number of hydrogen-bond donors (Lipinski definition) is 0. The predicted molar refractivity (Wildman–Crippen MR) is 280 cm³/mol. The predicted octanol–water partition coefficient (Wildman–Crippen LogP) is 19.3. The summed E-state index contributed by atoms with van der Waals surface area (Å²) in [6, 6.07) is 0. The summed E-state index contributed by atoms with van der Waals surface area (Å²) in [5, 5.41) is 0. The smallest absolute Gasteiger partial charge is 0.306 e. The van der Waals surface area contributed by atoms with E-state index in [1.165, 1.54) is 231 Å². The van der Waals surface area contributed by atoms with E-state index < -0.39 is 6.10 Å². The van der Waals surface area contributed by atoms with Gasteiger partial charge in [0.1, 0.15) is 13.2 Å². The average molecular weight is 918 g/mol. The van der Waals surface area contributed by atoms with Gasteiger partial charge in [-0.2, -0.15) is 0 Å². The molecule has 0 radical (unpaired) electrons. The Bertz CT molecular complexity index is 1010. The van der Waals surface area contributed by atoms with Crippen molar-refractivity contribution in [1.29, 1.82) is 0 Å². The van der Waals surface area contributed by atoms with Crippen LogP contribution in [-0.2, 0) is 28.6 Å². The van der Waals surface area contributed by atoms with Crippen LogP contribution in [0.5, 0.6) is 0 Å². The summed E-state index contributed by atoms with van der Waals surface area (Å²) in [7, 11) is 0. The van der Waals surface area contributed by atoms with E-state index in [1.807, 2.05) is 0 Å². The van der Waals surface area contributed by atoms with Crippen molar-refractivity contribution in [1.82, 2.24) is 0 Å². The molecule has 0 fully saturated rings. The first-order valence-electron chi connectivity index (χ1n) is 29.2. The van der Waals surface area contributed by atoms with Gasteiger partial charge in [-0.15, -0.1) is 0 Å². The molecule has 0 bridgehead atoms. The minimum atomic E-state index is -0.766. The molecule has 0 aliphatic carbocycles. The van der Waals surface area contributed by atoms with Gasteiger partial charge in [0, 0.05) is 19.3 Å². The van der Waals surface area contributed by atoms with E-state index in [4.69, 9.17) is 14.2 Å². The highest BCUT2D eigenvalue weighted by atomic mass is 16.6. The lowest BCUT2D eigenvalue weighted by molar-refractivity contribution is -0.167. The topological polar surface area (TPSA) is 78.9 Å². The summed E-state index contributed by atoms with van der Waals surface area (Å²) in [5.74, 6) is -0.844. The third kappa shape index (κ3) is 53.0. The summed E-state index contributed by atoms with van der Waals surface area (Å²) < 4.78 is 16.9. The second-order valence-corrected chi connectivity index (χ2v) is 19.9. The largest absolute Gasteiger partial charge is 0.462 e. The molecule has 0 amide bonds. The van der Waals surface area contributed by atoms with Crippen molar-refractivity contribution in [2.24, 2.45) is 0 Å². The van der Waals surface area contributed by atoms with E-state index in [9.17, 15) is 14.4 Å². The van der Waals surface area contributed by atoms with Crippen LogP contribution in [0.3, 0.4) is 0 Å². The maximum atomic E-state index is 12.8. The molecule has 0 rings (SSSR count). The Morgan fingerprint density at radius 3 is 0.769 bits per heavy atom. The third-order valence-electron chi connectivity index (χ3n) is 13.3. The van der Waals surface area contributed by atoms with Crippen molar-refractivity contribution < 1.29 is 28.6 Å². The molecule has 384 valence electrons. The monoisotopic (exact) mass is 917 g/mol. The van der Waals surface area contributed by atoms with Gasteiger partial charge < -0.3 is 14.2 Å². The molecule has 0 unspecified atom stereocenters. The Kier molecular flexibility index (Phi) is 53.2. The number of rotatable bonds is 54. The van der Waals surface area contributed by atoms with Crippen molar-refractivity contribution in [3.05, 3.63) is 12.2 Å². The third-order valence-corrected chi connectivity index (χ3v) is 13.3. The van der Waals surface area contributed by atoms with Crippen LogP contribution in [-0.4, -0.2) is 37.2 Å². The van der Waals surface area contributed by atoms with E-state index in [0.29, 0.717) is 19.3 Å². The molecule has 0 N–H and O–H groups in total. The number of allylic oxidation sites excluding steroid dienone is 2. The van der Waals surface area contributed by atoms with Gasteiger partial charge in [-0.1, -0.05) is 277 Å². The molecule has 0 spiro atoms. The van der Waals surface area contributed by atoms with Crippen molar-refractivity contribution in [2.45, 2.75) is 335 Å². The Hall–Kier alpha value is -1.85. The highest BCUT2D eigenvalue weighted by molar-refractivity contribution is 5.71. The molecule has 65 heavy (non-hydrogen) atoms. The Labute approximate surface area is 405 Å². The molecule has 0 aromatic rings. The quantitative estimate of drug-likeness (QED) is 0.0262. The van der Waals surface area contributed by atoms with Gasteiger partial charge in [0.05, 0.1) is 0 Å². The van der Waals surface area contributed by atoms with Crippen LogP contribution in [0.2, 0.25) is 0 Å². The summed E-state index contributed by atoms with van der Waals surface area (Å²) in [4.78, 5) is 38.1. The molecular weight excluding hydrogens is 805 g/mol. The zero-order valence-electron chi connectivity index (χ0n) is 44.0. The lowest BCUT2D eigenvalue weighted by Gasteiger charge is -2.18. The minimum absolute atomic E-state index is 0.0651. The van der Waals surface area contributed by atoms with Gasteiger partial charge in [0.25, 0.3) is 0 Å². The van der Waals surface area contributed by atoms with E-state index in [1.54, 1.807) is 0 Å². The average Bonchev–Trinajstić information content (AvgIpc) is 3.30. The lowest BCUT2D eigenvalue weighted by Crippen LogP contribution is -2.30. The SMILES string of the molecule is CCCCCCCC/C=C/CCCCCCCCCC(=O)OC[C@@H](COC(=O)CCCCCCCCCCCCCCCCC)OC(=O)CCCCCCCCCCCCCCCCC. The van der Waals surface area contributed by atoms with Crippen LogP contribution in [0.1, 0.15) is 329 Å². The molecule has 0 aliphatic rings. The fourth-order valence-electron chi connectivity index (χ4n) is 8.85. The summed E-state index contributed by atoms with van der Waals surface area (Å²) in [5.41, 5.74) is 0. The number of ether oxygens (including phenoxy) is 3. The Morgan fingerprint density at radius 1 is 0.292 bits per heavy atom. The van der Waals surface area contributed by atoms with E-state index in [0.717, 1.165) is 57.8 Å². The van der Waals surface area contributed by atoms with Crippen LogP contribution in [0.15, 0.2) is 12.2 Å². The first kappa shape index (κ1) is 63.1. The summed E-state index contributed by atoms with van der Waals surface area (Å²) in [6.45, 7) is 6.69. The molecule has 6 heteroatoms. The maximum absolute atomic E-state index is 12.8. The molecule has 0 saturated carbocycles. The molecule has 0 heterocycles. The number of carbonyl (C=O) groups is 3. The molecule has 0 aromatic carbocycles. The molecule has 6 nitrogen and oxygen atoms in total. The standard InChI is InChI=1S/C59H112O6/c1-4-7-10-13-16-19-22-25-28-29-32-34-37-40-43-46-49-52-58(61)64-55-56(65-59(62)53-50-47-44-41-38-35-31-27-24-21-18-15-12-9-6-3)54-63-57(60)51-48-45-42-39-36-33-30-26-23-20-17-14-11-8-5-2/h25,28,56H,4-24,26-27,29-55H2,1-3H3/b28-25+/t56-/m1/s1. The zero-order valence-corrected chi connectivity index (χ0v) is 44.0. The number of esters is 3. The van der Waals surface area contributed by atoms with Crippen LogP contribution in [0, 0.1) is 0 Å². The molecule has 0 saturated heterocycles. The van der Waals surface area contributed by atoms with Crippen LogP contribution >= 0.6 is 0 Å². The van der Waals surface area contributed by atoms with E-state index >= 15 is 0 Å². The maximum Gasteiger partial charge on any atom is 0.306 e. The first-order chi connectivity index (χ1) is 32.0. The summed E-state index contributed by atoms with van der Waals surface area (Å²) >= 11 is 0. The highest BCUT2D eigenvalue weighted by Crippen LogP contribution is 2.17. The van der Waals surface area contributed by atoms with Gasteiger partial charge in [-0.25, -0.2) is 0 Å². The minimum Gasteiger partial charge on any atom is -0.462 e. The number of hydrogen-bond acceptors (Lipinski definition) is 6. The summed E-state index contributed by atoms with van der Waals surface area (Å²) in [6.07, 6.45) is 62.0. The van der Waals surface area contributed by atoms with Crippen molar-refractivity contribution >= 4 is 17.9 Å². The van der Waals surface area contributed by atoms with Crippen LogP contribution in [0.25, 0.3) is 0 Å². The second kappa shape index (κ2) is 54.8.